The number of carbonyl (C=O) groups is 3. The number of nitrogens with one attached hydrogen (secondary N) is 2. The molecule has 1 aromatic carbocycles. The second-order valence-corrected chi connectivity index (χ2v) is 6.39. The van der Waals surface area contributed by atoms with E-state index in [0.29, 0.717) is 19.4 Å². The first-order valence-electron chi connectivity index (χ1n) is 8.71. The lowest BCUT2D eigenvalue weighted by Gasteiger charge is -2.21. The van der Waals surface area contributed by atoms with Crippen LogP contribution in [0, 0.1) is 6.92 Å². The number of rotatable bonds is 9. The van der Waals surface area contributed by atoms with Gasteiger partial charge in [0.15, 0.2) is 0 Å². The highest BCUT2D eigenvalue weighted by atomic mass is 16.2. The largest absolute Gasteiger partial charge is 0.352 e. The average Bonchev–Trinajstić information content (AvgIpc) is 2.56. The lowest BCUT2D eigenvalue weighted by Crippen LogP contribution is -2.46. The monoisotopic (exact) mass is 347 g/mol. The summed E-state index contributed by atoms with van der Waals surface area (Å²) in [5, 5.41) is 5.38. The second-order valence-electron chi connectivity index (χ2n) is 6.39. The molecule has 0 aliphatic heterocycles. The molecule has 0 aliphatic rings. The maximum Gasteiger partial charge on any atom is 0.242 e. The molecular weight excluding hydrogens is 318 g/mol. The minimum atomic E-state index is -0.259. The fourth-order valence-electron chi connectivity index (χ4n) is 2.30. The van der Waals surface area contributed by atoms with Gasteiger partial charge in [0.25, 0.3) is 0 Å². The third-order valence-corrected chi connectivity index (χ3v) is 3.72. The van der Waals surface area contributed by atoms with Crippen molar-refractivity contribution in [3.8, 4) is 0 Å². The van der Waals surface area contributed by atoms with Gasteiger partial charge in [-0.05, 0) is 39.7 Å². The number of benzene rings is 1. The molecule has 0 unspecified atom stereocenters. The molecule has 3 amide bonds. The summed E-state index contributed by atoms with van der Waals surface area (Å²) in [7, 11) is 0. The maximum atomic E-state index is 12.1. The van der Waals surface area contributed by atoms with Crippen LogP contribution in [0.2, 0.25) is 0 Å². The van der Waals surface area contributed by atoms with Crippen LogP contribution in [0.1, 0.15) is 38.3 Å². The number of nitrogens with zero attached hydrogens (tertiary/aromatic N) is 1. The van der Waals surface area contributed by atoms with Crippen LogP contribution in [0.3, 0.4) is 0 Å². The van der Waals surface area contributed by atoms with Crippen molar-refractivity contribution in [3.63, 3.8) is 0 Å². The Balaban J connectivity index is 2.36. The quantitative estimate of drug-likeness (QED) is 0.709. The molecule has 138 valence electrons. The van der Waals surface area contributed by atoms with Crippen LogP contribution < -0.4 is 10.6 Å². The molecule has 0 radical (unpaired) electrons. The van der Waals surface area contributed by atoms with E-state index in [0.717, 1.165) is 5.56 Å². The van der Waals surface area contributed by atoms with Crippen molar-refractivity contribution in [2.75, 3.05) is 19.6 Å². The first-order valence-corrected chi connectivity index (χ1v) is 8.71. The minimum Gasteiger partial charge on any atom is -0.352 e. The van der Waals surface area contributed by atoms with E-state index in [2.05, 4.69) is 10.6 Å². The summed E-state index contributed by atoms with van der Waals surface area (Å²) < 4.78 is 0. The smallest absolute Gasteiger partial charge is 0.242 e. The van der Waals surface area contributed by atoms with Crippen molar-refractivity contribution in [1.82, 2.24) is 15.5 Å². The molecule has 0 atom stereocenters. The van der Waals surface area contributed by atoms with E-state index in [1.807, 2.05) is 45.0 Å². The van der Waals surface area contributed by atoms with Gasteiger partial charge in [-0.3, -0.25) is 14.4 Å². The predicted octanol–water partition coefficient (Wildman–Crippen LogP) is 1.42. The molecule has 6 nitrogen and oxygen atoms in total. The highest BCUT2D eigenvalue weighted by molar-refractivity contribution is 5.88. The molecule has 6 heteroatoms. The van der Waals surface area contributed by atoms with Crippen molar-refractivity contribution >= 4 is 17.7 Å². The summed E-state index contributed by atoms with van der Waals surface area (Å²) >= 11 is 0. The highest BCUT2D eigenvalue weighted by Gasteiger charge is 2.16. The van der Waals surface area contributed by atoms with Gasteiger partial charge in [-0.1, -0.05) is 29.8 Å². The Kier molecular flexibility index (Phi) is 8.67. The molecule has 0 heterocycles. The summed E-state index contributed by atoms with van der Waals surface area (Å²) in [4.78, 5) is 37.2. The Hall–Kier alpha value is -2.37. The Bertz CT molecular complexity index is 582. The van der Waals surface area contributed by atoms with E-state index < -0.39 is 0 Å². The van der Waals surface area contributed by atoms with Crippen molar-refractivity contribution in [1.29, 1.82) is 0 Å². The van der Waals surface area contributed by atoms with Crippen molar-refractivity contribution in [2.24, 2.45) is 0 Å². The van der Waals surface area contributed by atoms with Gasteiger partial charge in [-0.15, -0.1) is 0 Å². The lowest BCUT2D eigenvalue weighted by atomic mass is 10.1. The van der Waals surface area contributed by atoms with Crippen LogP contribution in [-0.2, 0) is 20.8 Å². The van der Waals surface area contributed by atoms with Gasteiger partial charge in [0.1, 0.15) is 0 Å². The van der Waals surface area contributed by atoms with Gasteiger partial charge in [0.2, 0.25) is 17.7 Å². The second kappa shape index (κ2) is 10.5. The van der Waals surface area contributed by atoms with E-state index >= 15 is 0 Å². The first-order chi connectivity index (χ1) is 11.8. The third-order valence-electron chi connectivity index (χ3n) is 3.72. The molecule has 1 aromatic rings. The van der Waals surface area contributed by atoms with Gasteiger partial charge in [0.05, 0.1) is 13.1 Å². The Morgan fingerprint density at radius 2 is 1.72 bits per heavy atom. The van der Waals surface area contributed by atoms with Gasteiger partial charge < -0.3 is 15.5 Å². The average molecular weight is 347 g/mol. The van der Waals surface area contributed by atoms with Crippen molar-refractivity contribution in [3.05, 3.63) is 35.4 Å². The van der Waals surface area contributed by atoms with Crippen LogP contribution in [-0.4, -0.2) is 48.3 Å². The molecule has 0 spiro atoms. The molecule has 0 saturated heterocycles. The Morgan fingerprint density at radius 3 is 2.28 bits per heavy atom. The number of carbonyl (C=O) groups excluding carboxylic acids is 3. The third kappa shape index (κ3) is 8.33. The van der Waals surface area contributed by atoms with Crippen molar-refractivity contribution in [2.45, 2.75) is 46.6 Å². The molecule has 0 fully saturated rings. The summed E-state index contributed by atoms with van der Waals surface area (Å²) in [6.07, 6.45) is 0.963. The van der Waals surface area contributed by atoms with E-state index in [9.17, 15) is 14.4 Å². The number of aryl methyl sites for hydroxylation is 2. The van der Waals surface area contributed by atoms with Crippen LogP contribution in [0.15, 0.2) is 24.3 Å². The highest BCUT2D eigenvalue weighted by Crippen LogP contribution is 2.05. The van der Waals surface area contributed by atoms with Crippen LogP contribution in [0.5, 0.6) is 0 Å². The summed E-state index contributed by atoms with van der Waals surface area (Å²) in [6.45, 7) is 7.89. The van der Waals surface area contributed by atoms with Gasteiger partial charge in [-0.2, -0.15) is 0 Å². The Morgan fingerprint density at radius 1 is 1.08 bits per heavy atom. The zero-order valence-corrected chi connectivity index (χ0v) is 15.6. The predicted molar refractivity (Wildman–Crippen MR) is 98.0 cm³/mol. The number of likely N-dealkylation sites (N-methyl/N-ethyl adjacent to an activating group) is 1. The van der Waals surface area contributed by atoms with Crippen LogP contribution >= 0.6 is 0 Å². The lowest BCUT2D eigenvalue weighted by molar-refractivity contribution is -0.136. The van der Waals surface area contributed by atoms with Crippen LogP contribution in [0.4, 0.5) is 0 Å². The topological polar surface area (TPSA) is 78.5 Å². The Labute approximate surface area is 150 Å². The van der Waals surface area contributed by atoms with E-state index in [1.165, 1.54) is 10.5 Å². The fourth-order valence-corrected chi connectivity index (χ4v) is 2.30. The van der Waals surface area contributed by atoms with E-state index in [-0.39, 0.29) is 36.9 Å². The molecule has 0 aliphatic carbocycles. The maximum absolute atomic E-state index is 12.1. The molecule has 25 heavy (non-hydrogen) atoms. The SMILES string of the molecule is CCN(CC(=O)NC(C)C)C(=O)CNC(=O)CCc1ccc(C)cc1. The van der Waals surface area contributed by atoms with E-state index in [4.69, 9.17) is 0 Å². The number of hydrogen-bond donors (Lipinski definition) is 2. The van der Waals surface area contributed by atoms with E-state index in [1.54, 1.807) is 6.92 Å². The normalized spacial score (nSPS) is 10.4. The molecule has 2 N–H and O–H groups in total. The zero-order chi connectivity index (χ0) is 18.8. The first kappa shape index (κ1) is 20.7. The van der Waals surface area contributed by atoms with Crippen molar-refractivity contribution < 1.29 is 14.4 Å². The molecule has 0 bridgehead atoms. The summed E-state index contributed by atoms with van der Waals surface area (Å²) in [5.74, 6) is -0.627. The molecular formula is C19H29N3O3. The number of hydrogen-bond acceptors (Lipinski definition) is 3. The molecule has 0 aromatic heterocycles. The van der Waals surface area contributed by atoms with Gasteiger partial charge >= 0.3 is 0 Å². The van der Waals surface area contributed by atoms with Gasteiger partial charge in [-0.25, -0.2) is 0 Å². The van der Waals surface area contributed by atoms with Crippen LogP contribution in [0.25, 0.3) is 0 Å². The molecule has 0 saturated carbocycles. The summed E-state index contributed by atoms with van der Waals surface area (Å²) in [6, 6.07) is 8.05. The zero-order valence-electron chi connectivity index (χ0n) is 15.6. The standard InChI is InChI=1S/C19H29N3O3/c1-5-22(13-18(24)21-14(2)3)19(25)12-20-17(23)11-10-16-8-6-15(4)7-9-16/h6-9,14H,5,10-13H2,1-4H3,(H,20,23)(H,21,24). The summed E-state index contributed by atoms with van der Waals surface area (Å²) in [5.41, 5.74) is 2.27. The number of amides is 3. The molecule has 1 rings (SSSR count). The van der Waals surface area contributed by atoms with Gasteiger partial charge in [0, 0.05) is 19.0 Å². The minimum absolute atomic E-state index is 0.00670. The fraction of sp³-hybridized carbons (Fsp3) is 0.526.